The van der Waals surface area contributed by atoms with E-state index in [1.165, 1.54) is 52.4 Å². The molecule has 1 amide bonds. The number of carbonyl (C=O) groups is 4. The summed E-state index contributed by atoms with van der Waals surface area (Å²) in [4.78, 5) is 57.3. The minimum Gasteiger partial charge on any atom is -0.478 e. The summed E-state index contributed by atoms with van der Waals surface area (Å²) in [6.07, 6.45) is 7.46. The van der Waals surface area contributed by atoms with Gasteiger partial charge >= 0.3 is 17.9 Å². The van der Waals surface area contributed by atoms with Gasteiger partial charge in [-0.15, -0.1) is 0 Å². The molecule has 9 rings (SSSR count). The van der Waals surface area contributed by atoms with Gasteiger partial charge in [0.15, 0.2) is 11.4 Å². The standard InChI is InChI=1S/C17H12ClFN4O2.C15H10ClFN4O3.C15H8ClFN4O2/c1-2-25-17(24)13-8-22-23(15(13)6-20)9-10-3-11-5-12(18)7-21-16(11)14(19)4-10;16-9-3-8-1-7(2-11(17)12(8)19-4-9)6-21-13(14(18)22)10(5-20-21)15(23)24;16-10-3-9-1-8(2-12(17)14(9)19-5-10)7-21-13(4-18)11(6-20-21)15(22)23/h3-5,7-8H,2,9H2,1H3;1-5H,6H2,(H2,18,22)(H,23,24);1-3,5-6H,7H2,(H,22,23). The number of halogens is 6. The fraction of sp³-hybridized carbons (Fsp3) is 0.106. The highest BCUT2D eigenvalue weighted by Gasteiger charge is 2.23. The first-order valence-electron chi connectivity index (χ1n) is 20.5. The highest BCUT2D eigenvalue weighted by Crippen LogP contribution is 2.26. The molecular weight excluding hydrogens is 1010 g/mol. The first-order valence-corrected chi connectivity index (χ1v) is 21.6. The fourth-order valence-electron chi connectivity index (χ4n) is 7.19. The summed E-state index contributed by atoms with van der Waals surface area (Å²) in [5, 5.41) is 50.9. The molecule has 0 saturated heterocycles. The van der Waals surface area contributed by atoms with E-state index >= 15 is 0 Å². The Kier molecular flexibility index (Phi) is 15.4. The van der Waals surface area contributed by atoms with Crippen LogP contribution in [0.2, 0.25) is 15.1 Å². The van der Waals surface area contributed by atoms with Crippen molar-refractivity contribution in [3.8, 4) is 12.1 Å². The van der Waals surface area contributed by atoms with E-state index in [0.29, 0.717) is 47.9 Å². The van der Waals surface area contributed by atoms with Crippen molar-refractivity contribution in [1.82, 2.24) is 44.3 Å². The van der Waals surface area contributed by atoms with E-state index in [0.717, 1.165) is 17.1 Å². The first kappa shape index (κ1) is 50.9. The van der Waals surface area contributed by atoms with Crippen LogP contribution in [0.4, 0.5) is 13.2 Å². The Labute approximate surface area is 417 Å². The number of nitrogens with zero attached hydrogens (tertiary/aromatic N) is 11. The molecule has 6 heterocycles. The molecule has 0 spiro atoms. The molecular formula is C47H30Cl3F3N12O7. The number of fused-ring (bicyclic) bond motifs is 3. The Hall–Kier alpha value is -8.96. The number of hydrogen-bond acceptors (Lipinski definition) is 13. The summed E-state index contributed by atoms with van der Waals surface area (Å²) in [5.41, 5.74) is 6.58. The van der Waals surface area contributed by atoms with Crippen LogP contribution in [0, 0.1) is 40.1 Å². The van der Waals surface area contributed by atoms with Crippen molar-refractivity contribution in [3.05, 3.63) is 175 Å². The van der Waals surface area contributed by atoms with Gasteiger partial charge in [-0.1, -0.05) is 34.8 Å². The number of nitrogens with two attached hydrogens (primary N) is 1. The number of aromatic nitrogens is 9. The fourth-order valence-corrected chi connectivity index (χ4v) is 7.69. The SMILES string of the molecule is CCOC(=O)c1cnn(Cc2cc(F)c3ncc(Cl)cc3c2)c1C#N.N#Cc1c(C(=O)O)cnn1Cc1cc(F)c2ncc(Cl)cc2c1.NC(=O)c1c(C(=O)O)cnn1Cc1cc(F)c2ncc(Cl)cc2c1. The van der Waals surface area contributed by atoms with Gasteiger partial charge in [0.2, 0.25) is 0 Å². The highest BCUT2D eigenvalue weighted by atomic mass is 35.5. The molecule has 0 aliphatic carbocycles. The number of ether oxygens (including phenoxy) is 1. The average molecular weight is 1040 g/mol. The van der Waals surface area contributed by atoms with E-state index in [1.807, 2.05) is 6.07 Å². The molecule has 25 heteroatoms. The lowest BCUT2D eigenvalue weighted by Crippen LogP contribution is -2.21. The number of nitriles is 2. The summed E-state index contributed by atoms with van der Waals surface area (Å²) in [7, 11) is 0. The molecule has 72 heavy (non-hydrogen) atoms. The summed E-state index contributed by atoms with van der Waals surface area (Å²) >= 11 is 17.6. The van der Waals surface area contributed by atoms with Crippen LogP contribution in [0.1, 0.15) is 76.6 Å². The third-order valence-corrected chi connectivity index (χ3v) is 10.8. The smallest absolute Gasteiger partial charge is 0.342 e. The molecule has 362 valence electrons. The Morgan fingerprint density at radius 3 is 1.32 bits per heavy atom. The largest absolute Gasteiger partial charge is 0.478 e. The van der Waals surface area contributed by atoms with Crippen LogP contribution in [-0.2, 0) is 24.4 Å². The van der Waals surface area contributed by atoms with Gasteiger partial charge < -0.3 is 20.7 Å². The molecule has 0 aliphatic rings. The Morgan fingerprint density at radius 1 is 0.583 bits per heavy atom. The monoisotopic (exact) mass is 1040 g/mol. The molecule has 0 fully saturated rings. The number of esters is 1. The number of carboxylic acid groups (broad SMARTS) is 2. The van der Waals surface area contributed by atoms with Crippen LogP contribution >= 0.6 is 34.8 Å². The van der Waals surface area contributed by atoms with Crippen molar-refractivity contribution in [2.24, 2.45) is 5.73 Å². The molecule has 0 atom stereocenters. The number of rotatable bonds is 11. The third-order valence-electron chi connectivity index (χ3n) is 10.2. The predicted molar refractivity (Wildman–Crippen MR) is 252 cm³/mol. The van der Waals surface area contributed by atoms with Gasteiger partial charge in [-0.2, -0.15) is 25.8 Å². The van der Waals surface area contributed by atoms with Gasteiger partial charge in [-0.25, -0.2) is 36.9 Å². The minimum absolute atomic E-state index is 0.0368. The van der Waals surface area contributed by atoms with Crippen LogP contribution in [0.25, 0.3) is 32.7 Å². The van der Waals surface area contributed by atoms with Crippen molar-refractivity contribution in [1.29, 1.82) is 10.5 Å². The van der Waals surface area contributed by atoms with Gasteiger partial charge in [0.1, 0.15) is 68.5 Å². The number of benzene rings is 3. The quantitative estimate of drug-likeness (QED) is 0.103. The Morgan fingerprint density at radius 2 is 0.944 bits per heavy atom. The average Bonchev–Trinajstić information content (AvgIpc) is 4.06. The second-order valence-electron chi connectivity index (χ2n) is 15.0. The molecule has 0 unspecified atom stereocenters. The molecule has 3 aromatic carbocycles. The van der Waals surface area contributed by atoms with Gasteiger partial charge in [-0.05, 0) is 78.2 Å². The van der Waals surface area contributed by atoms with Gasteiger partial charge in [0, 0.05) is 34.7 Å². The number of amides is 1. The van der Waals surface area contributed by atoms with Crippen molar-refractivity contribution < 1.29 is 47.3 Å². The second-order valence-corrected chi connectivity index (χ2v) is 16.3. The molecule has 9 aromatic rings. The minimum atomic E-state index is -1.32. The predicted octanol–water partition coefficient (Wildman–Crippen LogP) is 8.23. The van der Waals surface area contributed by atoms with Crippen molar-refractivity contribution >= 4 is 91.3 Å². The van der Waals surface area contributed by atoms with Crippen LogP contribution in [-0.4, -0.2) is 84.9 Å². The lowest BCUT2D eigenvalue weighted by atomic mass is 10.1. The Balaban J connectivity index is 0.000000159. The van der Waals surface area contributed by atoms with E-state index < -0.39 is 41.3 Å². The maximum Gasteiger partial charge on any atom is 0.342 e. The summed E-state index contributed by atoms with van der Waals surface area (Å²) in [5.74, 6) is -5.71. The lowest BCUT2D eigenvalue weighted by molar-refractivity contribution is 0.0524. The number of hydrogen-bond donors (Lipinski definition) is 3. The summed E-state index contributed by atoms with van der Waals surface area (Å²) in [6, 6.07) is 17.3. The van der Waals surface area contributed by atoms with E-state index in [2.05, 4.69) is 30.2 Å². The zero-order valence-corrected chi connectivity index (χ0v) is 39.0. The molecule has 19 nitrogen and oxygen atoms in total. The normalized spacial score (nSPS) is 10.7. The maximum atomic E-state index is 14.2. The summed E-state index contributed by atoms with van der Waals surface area (Å²) in [6.45, 7) is 1.99. The van der Waals surface area contributed by atoms with Gasteiger partial charge in [0.05, 0.1) is 59.9 Å². The molecule has 4 N–H and O–H groups in total. The number of primary amides is 1. The maximum absolute atomic E-state index is 14.2. The first-order chi connectivity index (χ1) is 34.4. The molecule has 0 bridgehead atoms. The van der Waals surface area contributed by atoms with Crippen LogP contribution in [0.5, 0.6) is 0 Å². The van der Waals surface area contributed by atoms with Crippen LogP contribution in [0.15, 0.2) is 91.8 Å². The van der Waals surface area contributed by atoms with Gasteiger partial charge in [0.25, 0.3) is 5.91 Å². The Bertz CT molecular complexity index is 3740. The third kappa shape index (κ3) is 11.2. The summed E-state index contributed by atoms with van der Waals surface area (Å²) < 4.78 is 51.0. The molecule has 6 aromatic heterocycles. The van der Waals surface area contributed by atoms with E-state index in [9.17, 15) is 37.6 Å². The van der Waals surface area contributed by atoms with Crippen LogP contribution in [0.3, 0.4) is 0 Å². The molecule has 0 saturated carbocycles. The number of aromatic carboxylic acids is 2. The number of carbonyl (C=O) groups excluding carboxylic acids is 2. The molecule has 0 radical (unpaired) electrons. The highest BCUT2D eigenvalue weighted by molar-refractivity contribution is 6.31. The van der Waals surface area contributed by atoms with Crippen molar-refractivity contribution in [3.63, 3.8) is 0 Å². The zero-order valence-electron chi connectivity index (χ0n) is 36.7. The second kappa shape index (κ2) is 21.8. The lowest BCUT2D eigenvalue weighted by Gasteiger charge is -2.08. The van der Waals surface area contributed by atoms with Crippen LogP contribution < -0.4 is 5.73 Å². The zero-order chi connectivity index (χ0) is 52.0. The van der Waals surface area contributed by atoms with Gasteiger partial charge in [-0.3, -0.25) is 24.4 Å². The molecule has 0 aliphatic heterocycles. The van der Waals surface area contributed by atoms with Crippen molar-refractivity contribution in [2.45, 2.75) is 26.6 Å². The number of carboxylic acids is 2. The van der Waals surface area contributed by atoms with E-state index in [1.54, 1.807) is 49.4 Å². The number of pyridine rings is 3. The van der Waals surface area contributed by atoms with E-state index in [4.69, 9.17) is 60.7 Å². The van der Waals surface area contributed by atoms with Crippen molar-refractivity contribution in [2.75, 3.05) is 6.61 Å². The van der Waals surface area contributed by atoms with E-state index in [-0.39, 0.29) is 76.6 Å². The topological polar surface area (TPSA) is 284 Å².